The number of carbonyl (C=O) groups is 2. The van der Waals surface area contributed by atoms with Crippen LogP contribution in [-0.2, 0) is 9.59 Å². The molecule has 120 valence electrons. The minimum atomic E-state index is -0.214. The zero-order chi connectivity index (χ0) is 17.0. The number of hydrogen-bond acceptors (Lipinski definition) is 2. The summed E-state index contributed by atoms with van der Waals surface area (Å²) in [4.78, 5) is 25.7. The summed E-state index contributed by atoms with van der Waals surface area (Å²) < 4.78 is 0. The molecule has 1 N–H and O–H groups in total. The summed E-state index contributed by atoms with van der Waals surface area (Å²) in [5, 5.41) is 2.87. The van der Waals surface area contributed by atoms with Gasteiger partial charge < -0.3 is 10.2 Å². The van der Waals surface area contributed by atoms with Gasteiger partial charge in [-0.1, -0.05) is 29.8 Å². The molecule has 2 rings (SSSR count). The Kier molecular flexibility index (Phi) is 5.16. The van der Waals surface area contributed by atoms with Gasteiger partial charge in [-0.15, -0.1) is 0 Å². The Morgan fingerprint density at radius 3 is 2.30 bits per heavy atom. The molecule has 0 aromatic heterocycles. The molecule has 0 saturated heterocycles. The maximum atomic E-state index is 12.3. The quantitative estimate of drug-likeness (QED) is 0.938. The third-order valence-corrected chi connectivity index (χ3v) is 3.65. The highest BCUT2D eigenvalue weighted by molar-refractivity contribution is 6.02. The number of hydrogen-bond donors (Lipinski definition) is 1. The van der Waals surface area contributed by atoms with Crippen molar-refractivity contribution in [2.75, 3.05) is 16.8 Å². The van der Waals surface area contributed by atoms with Crippen LogP contribution in [0.3, 0.4) is 0 Å². The van der Waals surface area contributed by atoms with E-state index in [9.17, 15) is 9.59 Å². The van der Waals surface area contributed by atoms with E-state index in [0.29, 0.717) is 0 Å². The van der Waals surface area contributed by atoms with Crippen LogP contribution in [0.25, 0.3) is 0 Å². The molecule has 23 heavy (non-hydrogen) atoms. The van der Waals surface area contributed by atoms with Crippen LogP contribution in [0.5, 0.6) is 0 Å². The maximum absolute atomic E-state index is 12.3. The number of anilines is 2. The Morgan fingerprint density at radius 1 is 1.00 bits per heavy atom. The van der Waals surface area contributed by atoms with Crippen LogP contribution in [0.4, 0.5) is 11.4 Å². The summed E-state index contributed by atoms with van der Waals surface area (Å²) in [5.74, 6) is -0.375. The second-order valence-corrected chi connectivity index (χ2v) is 5.81. The molecule has 0 saturated carbocycles. The van der Waals surface area contributed by atoms with Crippen LogP contribution in [0.1, 0.15) is 23.6 Å². The molecule has 0 fully saturated rings. The van der Waals surface area contributed by atoms with Crippen LogP contribution in [0.15, 0.2) is 42.5 Å². The van der Waals surface area contributed by atoms with Crippen molar-refractivity contribution in [1.29, 1.82) is 0 Å². The minimum absolute atomic E-state index is 0.00783. The summed E-state index contributed by atoms with van der Waals surface area (Å²) in [6, 6.07) is 13.4. The third kappa shape index (κ3) is 4.42. The van der Waals surface area contributed by atoms with Crippen molar-refractivity contribution >= 4 is 23.2 Å². The van der Waals surface area contributed by atoms with Crippen molar-refractivity contribution in [1.82, 2.24) is 0 Å². The van der Waals surface area contributed by atoms with E-state index in [1.165, 1.54) is 11.8 Å². The second kappa shape index (κ2) is 7.09. The first-order valence-electron chi connectivity index (χ1n) is 7.58. The molecular weight excluding hydrogens is 288 g/mol. The Bertz CT molecular complexity index is 738. The molecule has 0 spiro atoms. The molecule has 0 aliphatic carbocycles. The fourth-order valence-corrected chi connectivity index (χ4v) is 2.47. The molecule has 0 unspecified atom stereocenters. The number of benzene rings is 2. The molecule has 0 atom stereocenters. The Hall–Kier alpha value is -2.62. The van der Waals surface area contributed by atoms with Crippen molar-refractivity contribution in [3.05, 3.63) is 59.2 Å². The van der Waals surface area contributed by atoms with Gasteiger partial charge in [-0.05, 0) is 50.1 Å². The zero-order valence-electron chi connectivity index (χ0n) is 14.0. The van der Waals surface area contributed by atoms with E-state index < -0.39 is 0 Å². The Balaban J connectivity index is 2.14. The molecule has 0 heterocycles. The first kappa shape index (κ1) is 16.7. The van der Waals surface area contributed by atoms with Crippen molar-refractivity contribution < 1.29 is 9.59 Å². The van der Waals surface area contributed by atoms with Gasteiger partial charge >= 0.3 is 0 Å². The van der Waals surface area contributed by atoms with Crippen molar-refractivity contribution in [3.63, 3.8) is 0 Å². The smallest absolute Gasteiger partial charge is 0.244 e. The summed E-state index contributed by atoms with van der Waals surface area (Å²) in [6.07, 6.45) is 0. The van der Waals surface area contributed by atoms with Gasteiger partial charge in [-0.3, -0.25) is 9.59 Å². The fourth-order valence-electron chi connectivity index (χ4n) is 2.47. The zero-order valence-corrected chi connectivity index (χ0v) is 14.0. The van der Waals surface area contributed by atoms with E-state index >= 15 is 0 Å². The van der Waals surface area contributed by atoms with Gasteiger partial charge in [0.15, 0.2) is 0 Å². The van der Waals surface area contributed by atoms with E-state index in [0.717, 1.165) is 28.1 Å². The molecular formula is C19H22N2O2. The second-order valence-electron chi connectivity index (χ2n) is 5.81. The number of nitrogens with zero attached hydrogens (tertiary/aromatic N) is 1. The van der Waals surface area contributed by atoms with Gasteiger partial charge in [0, 0.05) is 18.3 Å². The van der Waals surface area contributed by atoms with E-state index in [4.69, 9.17) is 0 Å². The topological polar surface area (TPSA) is 49.4 Å². The highest BCUT2D eigenvalue weighted by Crippen LogP contribution is 2.18. The summed E-state index contributed by atoms with van der Waals surface area (Å²) in [5.41, 5.74) is 4.69. The lowest BCUT2D eigenvalue weighted by Crippen LogP contribution is -2.36. The van der Waals surface area contributed by atoms with Crippen LogP contribution < -0.4 is 10.2 Å². The molecule has 2 aromatic carbocycles. The molecule has 4 heteroatoms. The Morgan fingerprint density at radius 2 is 1.70 bits per heavy atom. The predicted octanol–water partition coefficient (Wildman–Crippen LogP) is 3.60. The van der Waals surface area contributed by atoms with Crippen molar-refractivity contribution in [2.45, 2.75) is 27.7 Å². The average Bonchev–Trinajstić information content (AvgIpc) is 2.47. The molecule has 0 radical (unpaired) electrons. The lowest BCUT2D eigenvalue weighted by atomic mass is 10.1. The van der Waals surface area contributed by atoms with Gasteiger partial charge in [0.05, 0.1) is 0 Å². The first-order valence-corrected chi connectivity index (χ1v) is 7.58. The van der Waals surface area contributed by atoms with Gasteiger partial charge in [0.2, 0.25) is 11.8 Å². The van der Waals surface area contributed by atoms with Crippen molar-refractivity contribution in [2.24, 2.45) is 0 Å². The minimum Gasteiger partial charge on any atom is -0.324 e. The Labute approximate surface area is 137 Å². The molecule has 0 aliphatic heterocycles. The third-order valence-electron chi connectivity index (χ3n) is 3.65. The molecule has 0 aliphatic rings. The van der Waals surface area contributed by atoms with Gasteiger partial charge in [0.25, 0.3) is 0 Å². The standard InChI is InChI=1S/C19H22N2O2/c1-13-6-5-7-17(11-13)21(16(4)22)12-19(23)20-18-9-8-14(2)10-15(18)3/h5-11H,12H2,1-4H3,(H,20,23). The lowest BCUT2D eigenvalue weighted by molar-refractivity contribution is -0.120. The van der Waals surface area contributed by atoms with Gasteiger partial charge in [0.1, 0.15) is 6.54 Å². The number of aryl methyl sites for hydroxylation is 3. The number of nitrogens with one attached hydrogen (secondary N) is 1. The predicted molar refractivity (Wildman–Crippen MR) is 93.8 cm³/mol. The van der Waals surface area contributed by atoms with Gasteiger partial charge in [-0.25, -0.2) is 0 Å². The first-order chi connectivity index (χ1) is 10.9. The summed E-state index contributed by atoms with van der Waals surface area (Å²) in [7, 11) is 0. The fraction of sp³-hybridized carbons (Fsp3) is 0.263. The number of rotatable bonds is 4. The molecule has 2 amide bonds. The molecule has 0 bridgehead atoms. The van der Waals surface area contributed by atoms with E-state index in [-0.39, 0.29) is 18.4 Å². The van der Waals surface area contributed by atoms with Crippen LogP contribution >= 0.6 is 0 Å². The van der Waals surface area contributed by atoms with Crippen molar-refractivity contribution in [3.8, 4) is 0 Å². The SMILES string of the molecule is CC(=O)N(CC(=O)Nc1ccc(C)cc1C)c1cccc(C)c1. The lowest BCUT2D eigenvalue weighted by Gasteiger charge is -2.21. The number of carbonyl (C=O) groups excluding carboxylic acids is 2. The average molecular weight is 310 g/mol. The monoisotopic (exact) mass is 310 g/mol. The molecule has 4 nitrogen and oxygen atoms in total. The van der Waals surface area contributed by atoms with E-state index in [2.05, 4.69) is 5.32 Å². The van der Waals surface area contributed by atoms with Gasteiger partial charge in [-0.2, -0.15) is 0 Å². The molecule has 2 aromatic rings. The highest BCUT2D eigenvalue weighted by atomic mass is 16.2. The van der Waals surface area contributed by atoms with Crippen LogP contribution in [-0.4, -0.2) is 18.4 Å². The highest BCUT2D eigenvalue weighted by Gasteiger charge is 2.16. The largest absolute Gasteiger partial charge is 0.324 e. The van der Waals surface area contributed by atoms with Crippen LogP contribution in [0, 0.1) is 20.8 Å². The van der Waals surface area contributed by atoms with E-state index in [1.54, 1.807) is 0 Å². The van der Waals surface area contributed by atoms with E-state index in [1.807, 2.05) is 63.2 Å². The summed E-state index contributed by atoms with van der Waals surface area (Å²) >= 11 is 0. The normalized spacial score (nSPS) is 10.3. The summed E-state index contributed by atoms with van der Waals surface area (Å²) in [6.45, 7) is 7.37. The maximum Gasteiger partial charge on any atom is 0.244 e. The van der Waals surface area contributed by atoms with Crippen LogP contribution in [0.2, 0.25) is 0 Å². The number of amides is 2.